The normalized spacial score (nSPS) is 11.1. The first-order valence-corrected chi connectivity index (χ1v) is 7.98. The van der Waals surface area contributed by atoms with E-state index in [1.54, 1.807) is 11.8 Å². The highest BCUT2D eigenvalue weighted by Crippen LogP contribution is 2.21. The summed E-state index contributed by atoms with van der Waals surface area (Å²) in [6, 6.07) is 0. The van der Waals surface area contributed by atoms with Gasteiger partial charge in [0.1, 0.15) is 0 Å². The summed E-state index contributed by atoms with van der Waals surface area (Å²) in [4.78, 5) is 8.74. The molecular formula is C13H20N4OS. The summed E-state index contributed by atoms with van der Waals surface area (Å²) in [6.07, 6.45) is 6.67. The number of thioether (sulfide) groups is 1. The molecule has 0 aromatic carbocycles. The van der Waals surface area contributed by atoms with Crippen molar-refractivity contribution in [2.45, 2.75) is 39.7 Å². The number of aromatic nitrogens is 4. The van der Waals surface area contributed by atoms with E-state index < -0.39 is 0 Å². The zero-order chi connectivity index (χ0) is 13.7. The van der Waals surface area contributed by atoms with Crippen molar-refractivity contribution >= 4 is 11.8 Å². The molecule has 2 aromatic rings. The van der Waals surface area contributed by atoms with E-state index >= 15 is 0 Å². The Morgan fingerprint density at radius 1 is 1.42 bits per heavy atom. The SMILES string of the molecule is CCCCn1nc(CCSC)nc1-c1ocnc1C. The summed E-state index contributed by atoms with van der Waals surface area (Å²) in [6.45, 7) is 4.97. The monoisotopic (exact) mass is 280 g/mol. The van der Waals surface area contributed by atoms with Crippen LogP contribution in [0.4, 0.5) is 0 Å². The highest BCUT2D eigenvalue weighted by molar-refractivity contribution is 7.98. The van der Waals surface area contributed by atoms with Crippen molar-refractivity contribution in [1.82, 2.24) is 19.7 Å². The molecule has 0 radical (unpaired) electrons. The van der Waals surface area contributed by atoms with Crippen molar-refractivity contribution in [2.24, 2.45) is 0 Å². The van der Waals surface area contributed by atoms with Crippen LogP contribution in [0.25, 0.3) is 11.6 Å². The summed E-state index contributed by atoms with van der Waals surface area (Å²) < 4.78 is 7.40. The quantitative estimate of drug-likeness (QED) is 0.780. The lowest BCUT2D eigenvalue weighted by Gasteiger charge is -2.02. The number of rotatable bonds is 7. The number of nitrogens with zero attached hydrogens (tertiary/aromatic N) is 4. The van der Waals surface area contributed by atoms with E-state index in [2.05, 4.69) is 28.2 Å². The predicted octanol–water partition coefficient (Wildman–Crippen LogP) is 2.95. The van der Waals surface area contributed by atoms with Gasteiger partial charge in [-0.15, -0.1) is 0 Å². The molecule has 0 aliphatic rings. The first-order chi connectivity index (χ1) is 9.26. The molecule has 5 nitrogen and oxygen atoms in total. The Hall–Kier alpha value is -1.30. The van der Waals surface area contributed by atoms with Gasteiger partial charge in [-0.25, -0.2) is 14.6 Å². The second-order valence-electron chi connectivity index (χ2n) is 4.44. The predicted molar refractivity (Wildman–Crippen MR) is 77.3 cm³/mol. The summed E-state index contributed by atoms with van der Waals surface area (Å²) >= 11 is 1.81. The van der Waals surface area contributed by atoms with E-state index in [1.807, 2.05) is 11.6 Å². The molecule has 0 amide bonds. The van der Waals surface area contributed by atoms with E-state index in [-0.39, 0.29) is 0 Å². The Morgan fingerprint density at radius 3 is 2.89 bits per heavy atom. The fourth-order valence-corrected chi connectivity index (χ4v) is 2.22. The minimum Gasteiger partial charge on any atom is -0.440 e. The van der Waals surface area contributed by atoms with Crippen molar-refractivity contribution in [3.05, 3.63) is 17.9 Å². The molecule has 0 atom stereocenters. The molecule has 2 rings (SSSR count). The third kappa shape index (κ3) is 3.37. The van der Waals surface area contributed by atoms with Crippen LogP contribution in [0, 0.1) is 6.92 Å². The van der Waals surface area contributed by atoms with Crippen molar-refractivity contribution in [1.29, 1.82) is 0 Å². The first-order valence-electron chi connectivity index (χ1n) is 6.59. The van der Waals surface area contributed by atoms with E-state index in [9.17, 15) is 0 Å². The minimum atomic E-state index is 0.735. The second kappa shape index (κ2) is 6.75. The van der Waals surface area contributed by atoms with Gasteiger partial charge in [0.2, 0.25) is 0 Å². The van der Waals surface area contributed by atoms with E-state index in [1.165, 1.54) is 6.39 Å². The lowest BCUT2D eigenvalue weighted by molar-refractivity contribution is 0.535. The average Bonchev–Trinajstić information content (AvgIpc) is 2.99. The summed E-state index contributed by atoms with van der Waals surface area (Å²) in [7, 11) is 0. The van der Waals surface area contributed by atoms with Gasteiger partial charge in [0.25, 0.3) is 0 Å². The van der Waals surface area contributed by atoms with Gasteiger partial charge in [-0.3, -0.25) is 0 Å². The highest BCUT2D eigenvalue weighted by Gasteiger charge is 2.17. The number of hydrogen-bond donors (Lipinski definition) is 0. The lowest BCUT2D eigenvalue weighted by Crippen LogP contribution is -2.03. The minimum absolute atomic E-state index is 0.735. The van der Waals surface area contributed by atoms with Gasteiger partial charge in [0.05, 0.1) is 5.69 Å². The molecule has 0 fully saturated rings. The average molecular weight is 280 g/mol. The fourth-order valence-electron chi connectivity index (χ4n) is 1.84. The fraction of sp³-hybridized carbons (Fsp3) is 0.615. The topological polar surface area (TPSA) is 56.7 Å². The molecule has 6 heteroatoms. The Labute approximate surface area is 117 Å². The number of hydrogen-bond acceptors (Lipinski definition) is 5. The molecule has 0 bridgehead atoms. The van der Waals surface area contributed by atoms with Crippen LogP contribution in [0.5, 0.6) is 0 Å². The molecule has 2 heterocycles. The smallest absolute Gasteiger partial charge is 0.196 e. The van der Waals surface area contributed by atoms with Crippen molar-refractivity contribution < 1.29 is 4.42 Å². The van der Waals surface area contributed by atoms with Crippen LogP contribution in [-0.4, -0.2) is 31.8 Å². The maximum atomic E-state index is 5.45. The molecule has 104 valence electrons. The Kier molecular flexibility index (Phi) is 5.01. The van der Waals surface area contributed by atoms with Crippen molar-refractivity contribution in [3.63, 3.8) is 0 Å². The molecule has 2 aromatic heterocycles. The van der Waals surface area contributed by atoms with Gasteiger partial charge in [-0.05, 0) is 19.6 Å². The third-order valence-electron chi connectivity index (χ3n) is 2.92. The summed E-state index contributed by atoms with van der Waals surface area (Å²) in [5.41, 5.74) is 0.863. The van der Waals surface area contributed by atoms with Gasteiger partial charge in [-0.2, -0.15) is 16.9 Å². The maximum Gasteiger partial charge on any atom is 0.196 e. The molecule has 0 N–H and O–H groups in total. The standard InChI is InChI=1S/C13H20N4OS/c1-4-5-7-17-13(12-10(2)14-9-18-12)15-11(16-17)6-8-19-3/h9H,4-8H2,1-3H3. The van der Waals surface area contributed by atoms with Crippen LogP contribution in [0.15, 0.2) is 10.8 Å². The first kappa shape index (κ1) is 14.1. The van der Waals surface area contributed by atoms with Crippen molar-refractivity contribution in [2.75, 3.05) is 12.0 Å². The molecular weight excluding hydrogens is 260 g/mol. The van der Waals surface area contributed by atoms with Crippen LogP contribution >= 0.6 is 11.8 Å². The van der Waals surface area contributed by atoms with E-state index in [0.29, 0.717) is 0 Å². The molecule has 0 saturated heterocycles. The zero-order valence-corrected chi connectivity index (χ0v) is 12.5. The van der Waals surface area contributed by atoms with E-state index in [0.717, 1.165) is 54.7 Å². The van der Waals surface area contributed by atoms with E-state index in [4.69, 9.17) is 4.42 Å². The van der Waals surface area contributed by atoms with Crippen molar-refractivity contribution in [3.8, 4) is 11.6 Å². The summed E-state index contributed by atoms with van der Waals surface area (Å²) in [5, 5.41) is 4.59. The number of aryl methyl sites for hydroxylation is 3. The Bertz CT molecular complexity index is 520. The lowest BCUT2D eigenvalue weighted by atomic mass is 10.3. The van der Waals surface area contributed by atoms with Gasteiger partial charge in [0, 0.05) is 18.7 Å². The number of oxazole rings is 1. The van der Waals surface area contributed by atoms with Gasteiger partial charge >= 0.3 is 0 Å². The number of unbranched alkanes of at least 4 members (excludes halogenated alkanes) is 1. The van der Waals surface area contributed by atoms with Crippen LogP contribution in [0.3, 0.4) is 0 Å². The van der Waals surface area contributed by atoms with Crippen LogP contribution < -0.4 is 0 Å². The molecule has 19 heavy (non-hydrogen) atoms. The second-order valence-corrected chi connectivity index (χ2v) is 5.42. The molecule has 0 saturated carbocycles. The van der Waals surface area contributed by atoms with Gasteiger partial charge < -0.3 is 4.42 Å². The Balaban J connectivity index is 2.28. The third-order valence-corrected chi connectivity index (χ3v) is 3.53. The zero-order valence-electron chi connectivity index (χ0n) is 11.7. The Morgan fingerprint density at radius 2 is 2.26 bits per heavy atom. The molecule has 0 aliphatic carbocycles. The van der Waals surface area contributed by atoms with Crippen LogP contribution in [0.2, 0.25) is 0 Å². The van der Waals surface area contributed by atoms with Crippen LogP contribution in [-0.2, 0) is 13.0 Å². The summed E-state index contributed by atoms with van der Waals surface area (Å²) in [5.74, 6) is 3.46. The van der Waals surface area contributed by atoms with Gasteiger partial charge in [0.15, 0.2) is 23.8 Å². The molecule has 0 spiro atoms. The largest absolute Gasteiger partial charge is 0.440 e. The molecule has 0 aliphatic heterocycles. The molecule has 0 unspecified atom stereocenters. The highest BCUT2D eigenvalue weighted by atomic mass is 32.2. The van der Waals surface area contributed by atoms with Crippen LogP contribution in [0.1, 0.15) is 31.3 Å². The maximum absolute atomic E-state index is 5.45. The van der Waals surface area contributed by atoms with Gasteiger partial charge in [-0.1, -0.05) is 13.3 Å².